The van der Waals surface area contributed by atoms with Crippen LogP contribution in [0.25, 0.3) is 11.5 Å². The summed E-state index contributed by atoms with van der Waals surface area (Å²) < 4.78 is 10.4. The van der Waals surface area contributed by atoms with Gasteiger partial charge in [-0.05, 0) is 44.5 Å². The van der Waals surface area contributed by atoms with Crippen LogP contribution >= 0.6 is 0 Å². The Morgan fingerprint density at radius 1 is 1.19 bits per heavy atom. The van der Waals surface area contributed by atoms with E-state index in [1.165, 1.54) is 6.39 Å². The van der Waals surface area contributed by atoms with Crippen LogP contribution in [-0.4, -0.2) is 15.4 Å². The van der Waals surface area contributed by atoms with Crippen molar-refractivity contribution < 1.29 is 8.94 Å². The summed E-state index contributed by atoms with van der Waals surface area (Å²) in [4.78, 5) is 0. The molecule has 6 nitrogen and oxygen atoms in total. The lowest BCUT2D eigenvalue weighted by atomic mass is 10.1. The molecular formula is C15H16N4O2. The van der Waals surface area contributed by atoms with E-state index >= 15 is 0 Å². The molecule has 2 heterocycles. The number of anilines is 1. The van der Waals surface area contributed by atoms with Crippen molar-refractivity contribution in [1.29, 1.82) is 0 Å². The minimum absolute atomic E-state index is 0.523. The highest BCUT2D eigenvalue weighted by molar-refractivity contribution is 5.62. The second-order valence-corrected chi connectivity index (χ2v) is 4.93. The molecule has 0 radical (unpaired) electrons. The van der Waals surface area contributed by atoms with Crippen molar-refractivity contribution in [1.82, 2.24) is 15.4 Å². The number of aromatic nitrogens is 3. The molecule has 0 saturated heterocycles. The van der Waals surface area contributed by atoms with E-state index in [0.29, 0.717) is 12.4 Å². The molecule has 0 atom stereocenters. The van der Waals surface area contributed by atoms with Gasteiger partial charge in [0, 0.05) is 23.4 Å². The highest BCUT2D eigenvalue weighted by atomic mass is 16.5. The normalized spacial score (nSPS) is 10.8. The Bertz CT molecular complexity index is 728. The van der Waals surface area contributed by atoms with Gasteiger partial charge in [-0.3, -0.25) is 0 Å². The van der Waals surface area contributed by atoms with Gasteiger partial charge in [0.15, 0.2) is 0 Å². The fourth-order valence-corrected chi connectivity index (χ4v) is 2.23. The maximum absolute atomic E-state index is 5.20. The van der Waals surface area contributed by atoms with Gasteiger partial charge in [-0.15, -0.1) is 10.2 Å². The predicted molar refractivity (Wildman–Crippen MR) is 77.8 cm³/mol. The van der Waals surface area contributed by atoms with Crippen LogP contribution in [0.5, 0.6) is 0 Å². The first-order valence-corrected chi connectivity index (χ1v) is 6.68. The van der Waals surface area contributed by atoms with E-state index in [9.17, 15) is 0 Å². The summed E-state index contributed by atoms with van der Waals surface area (Å²) in [7, 11) is 0. The smallest absolute Gasteiger partial charge is 0.247 e. The molecule has 0 spiro atoms. The fraction of sp³-hybridized carbons (Fsp3) is 0.267. The summed E-state index contributed by atoms with van der Waals surface area (Å²) in [5.74, 6) is 1.37. The van der Waals surface area contributed by atoms with Gasteiger partial charge < -0.3 is 14.3 Å². The third-order valence-corrected chi connectivity index (χ3v) is 3.47. The number of hydrogen-bond donors (Lipinski definition) is 1. The molecular weight excluding hydrogens is 268 g/mol. The van der Waals surface area contributed by atoms with Crippen molar-refractivity contribution in [2.24, 2.45) is 0 Å². The zero-order valence-corrected chi connectivity index (χ0v) is 12.2. The first kappa shape index (κ1) is 13.4. The average Bonchev–Trinajstić information content (AvgIpc) is 3.10. The predicted octanol–water partition coefficient (Wildman–Crippen LogP) is 3.26. The van der Waals surface area contributed by atoms with Crippen LogP contribution in [-0.2, 0) is 6.54 Å². The quantitative estimate of drug-likeness (QED) is 0.792. The number of nitrogens with one attached hydrogen (secondary N) is 1. The minimum atomic E-state index is 0.523. The summed E-state index contributed by atoms with van der Waals surface area (Å²) in [6.45, 7) is 6.58. The summed E-state index contributed by atoms with van der Waals surface area (Å²) >= 11 is 0. The van der Waals surface area contributed by atoms with Gasteiger partial charge >= 0.3 is 0 Å². The summed E-state index contributed by atoms with van der Waals surface area (Å²) in [6.07, 6.45) is 1.33. The van der Waals surface area contributed by atoms with Crippen LogP contribution in [0.1, 0.15) is 22.6 Å². The third kappa shape index (κ3) is 2.65. The summed E-state index contributed by atoms with van der Waals surface area (Å²) in [6, 6.07) is 5.98. The summed E-state index contributed by atoms with van der Waals surface area (Å²) in [5, 5.41) is 15.0. The van der Waals surface area contributed by atoms with E-state index in [4.69, 9.17) is 8.94 Å². The fourth-order valence-electron chi connectivity index (χ4n) is 2.23. The van der Waals surface area contributed by atoms with E-state index in [-0.39, 0.29) is 0 Å². The lowest BCUT2D eigenvalue weighted by molar-refractivity contribution is 0.392. The van der Waals surface area contributed by atoms with Gasteiger partial charge in [-0.2, -0.15) is 0 Å². The molecule has 1 N–H and O–H groups in total. The Morgan fingerprint density at radius 2 is 2.05 bits per heavy atom. The van der Waals surface area contributed by atoms with Crippen molar-refractivity contribution in [2.75, 3.05) is 5.32 Å². The Balaban J connectivity index is 1.78. The Hall–Kier alpha value is -2.63. The second kappa shape index (κ2) is 5.40. The van der Waals surface area contributed by atoms with Crippen LogP contribution in [0.15, 0.2) is 33.5 Å². The van der Waals surface area contributed by atoms with E-state index < -0.39 is 0 Å². The van der Waals surface area contributed by atoms with Crippen molar-refractivity contribution in [3.05, 3.63) is 47.2 Å². The maximum Gasteiger partial charge on any atom is 0.247 e. The summed E-state index contributed by atoms with van der Waals surface area (Å²) in [5.41, 5.74) is 5.08. The van der Waals surface area contributed by atoms with Gasteiger partial charge in [0.1, 0.15) is 5.76 Å². The first-order valence-electron chi connectivity index (χ1n) is 6.68. The molecule has 3 rings (SSSR count). The third-order valence-electron chi connectivity index (χ3n) is 3.47. The zero-order chi connectivity index (χ0) is 14.8. The Labute approximate surface area is 122 Å². The molecule has 0 amide bonds. The molecule has 21 heavy (non-hydrogen) atoms. The SMILES string of the molecule is Cc1cc(-c2nnco2)ccc1NCc1c(C)noc1C. The number of benzene rings is 1. The number of rotatable bonds is 4. The first-order chi connectivity index (χ1) is 10.1. The van der Waals surface area contributed by atoms with E-state index in [1.807, 2.05) is 39.0 Å². The van der Waals surface area contributed by atoms with Crippen molar-refractivity contribution in [2.45, 2.75) is 27.3 Å². The molecule has 108 valence electrons. The second-order valence-electron chi connectivity index (χ2n) is 4.93. The van der Waals surface area contributed by atoms with Crippen molar-refractivity contribution in [3.63, 3.8) is 0 Å². The molecule has 0 aliphatic rings. The van der Waals surface area contributed by atoms with Crippen molar-refractivity contribution >= 4 is 5.69 Å². The molecule has 2 aromatic heterocycles. The molecule has 1 aromatic carbocycles. The lowest BCUT2D eigenvalue weighted by Crippen LogP contribution is -2.02. The van der Waals surface area contributed by atoms with Crippen molar-refractivity contribution in [3.8, 4) is 11.5 Å². The molecule has 0 saturated carbocycles. The molecule has 0 unspecified atom stereocenters. The molecule has 3 aromatic rings. The van der Waals surface area contributed by atoms with Gasteiger partial charge in [0.25, 0.3) is 0 Å². The van der Waals surface area contributed by atoms with E-state index in [2.05, 4.69) is 20.7 Å². The lowest BCUT2D eigenvalue weighted by Gasteiger charge is -2.10. The molecule has 0 aliphatic heterocycles. The van der Waals surface area contributed by atoms with E-state index in [1.54, 1.807) is 0 Å². The Morgan fingerprint density at radius 3 is 2.67 bits per heavy atom. The van der Waals surface area contributed by atoms with Gasteiger partial charge in [0.05, 0.1) is 5.69 Å². The van der Waals surface area contributed by atoms with Gasteiger partial charge in [-0.25, -0.2) is 0 Å². The van der Waals surface area contributed by atoms with E-state index in [0.717, 1.165) is 33.8 Å². The molecule has 0 bridgehead atoms. The Kier molecular flexibility index (Phi) is 3.43. The average molecular weight is 284 g/mol. The highest BCUT2D eigenvalue weighted by Gasteiger charge is 2.10. The molecule has 0 fully saturated rings. The molecule has 6 heteroatoms. The van der Waals surface area contributed by atoms with Crippen LogP contribution in [0, 0.1) is 20.8 Å². The van der Waals surface area contributed by atoms with Crippen LogP contribution < -0.4 is 5.32 Å². The zero-order valence-electron chi connectivity index (χ0n) is 12.2. The standard InChI is InChI=1S/C15H16N4O2/c1-9-6-12(15-18-17-8-20-15)4-5-14(9)16-7-13-10(2)19-21-11(13)3/h4-6,8,16H,7H2,1-3H3. The van der Waals surface area contributed by atoms with Crippen LogP contribution in [0.4, 0.5) is 5.69 Å². The minimum Gasteiger partial charge on any atom is -0.423 e. The maximum atomic E-state index is 5.20. The molecule has 0 aliphatic carbocycles. The van der Waals surface area contributed by atoms with Crippen LogP contribution in [0.2, 0.25) is 0 Å². The van der Waals surface area contributed by atoms with Crippen LogP contribution in [0.3, 0.4) is 0 Å². The number of aryl methyl sites for hydroxylation is 3. The van der Waals surface area contributed by atoms with Gasteiger partial charge in [0.2, 0.25) is 12.3 Å². The van der Waals surface area contributed by atoms with Gasteiger partial charge in [-0.1, -0.05) is 5.16 Å². The topological polar surface area (TPSA) is 77.0 Å². The monoisotopic (exact) mass is 284 g/mol. The number of nitrogens with zero attached hydrogens (tertiary/aromatic N) is 3. The largest absolute Gasteiger partial charge is 0.423 e. The number of hydrogen-bond acceptors (Lipinski definition) is 6. The highest BCUT2D eigenvalue weighted by Crippen LogP contribution is 2.24.